The highest BCUT2D eigenvalue weighted by Gasteiger charge is 2.12. The normalized spacial score (nSPS) is 11.4. The number of carbonyl (C=O) groups excluding carboxylic acids is 1. The van der Waals surface area contributed by atoms with E-state index in [4.69, 9.17) is 0 Å². The number of hydrazone groups is 1. The molecule has 154 valence electrons. The molecule has 5 rings (SSSR count). The van der Waals surface area contributed by atoms with Gasteiger partial charge in [0.15, 0.2) is 0 Å². The maximum atomic E-state index is 12.8. The largest absolute Gasteiger partial charge is 0.350 e. The summed E-state index contributed by atoms with van der Waals surface area (Å²) in [5, 5.41) is 5.50. The Morgan fingerprint density at radius 3 is 1.97 bits per heavy atom. The molecule has 0 aliphatic rings. The first-order valence-corrected chi connectivity index (χ1v) is 10.4. The van der Waals surface area contributed by atoms with Crippen LogP contribution < -0.4 is 5.43 Å². The molecule has 0 unspecified atom stereocenters. The Bertz CT molecular complexity index is 1350. The molecular weight excluding hydrogens is 394 g/mol. The molecule has 0 spiro atoms. The first-order chi connectivity index (χ1) is 15.8. The highest BCUT2D eigenvalue weighted by Crippen LogP contribution is 2.21. The van der Waals surface area contributed by atoms with Crippen molar-refractivity contribution < 1.29 is 4.79 Å². The Kier molecular flexibility index (Phi) is 5.33. The summed E-state index contributed by atoms with van der Waals surface area (Å²) >= 11 is 0. The summed E-state index contributed by atoms with van der Waals surface area (Å²) in [6.45, 7) is 0. The molecule has 0 radical (unpaired) electrons. The van der Waals surface area contributed by atoms with Crippen molar-refractivity contribution in [2.75, 3.05) is 0 Å². The third-order valence-corrected chi connectivity index (χ3v) is 5.36. The van der Waals surface area contributed by atoms with Crippen LogP contribution in [-0.4, -0.2) is 16.6 Å². The van der Waals surface area contributed by atoms with Crippen LogP contribution in [0, 0.1) is 0 Å². The number of H-pyrrole nitrogens is 1. The minimum Gasteiger partial charge on any atom is -0.350 e. The lowest BCUT2D eigenvalue weighted by molar-refractivity contribution is 0.0951. The summed E-state index contributed by atoms with van der Waals surface area (Å²) in [7, 11) is 0. The van der Waals surface area contributed by atoms with E-state index in [2.05, 4.69) is 39.8 Å². The molecule has 0 aliphatic heterocycles. The van der Waals surface area contributed by atoms with E-state index in [-0.39, 0.29) is 5.91 Å². The molecule has 32 heavy (non-hydrogen) atoms. The van der Waals surface area contributed by atoms with Crippen molar-refractivity contribution in [1.82, 2.24) is 10.4 Å². The van der Waals surface area contributed by atoms with Crippen LogP contribution in [0.1, 0.15) is 21.6 Å². The van der Waals surface area contributed by atoms with Gasteiger partial charge in [0.05, 0.1) is 5.71 Å². The predicted octanol–water partition coefficient (Wildman–Crippen LogP) is 6.02. The molecule has 0 saturated heterocycles. The summed E-state index contributed by atoms with van der Waals surface area (Å²) < 4.78 is 0. The Labute approximate surface area is 186 Å². The molecule has 2 N–H and O–H groups in total. The van der Waals surface area contributed by atoms with Crippen molar-refractivity contribution in [2.45, 2.75) is 0 Å². The smallest absolute Gasteiger partial charge is 0.287 e. The predicted molar refractivity (Wildman–Crippen MR) is 130 cm³/mol. The van der Waals surface area contributed by atoms with E-state index in [9.17, 15) is 4.79 Å². The number of carbonyl (C=O) groups is 1. The van der Waals surface area contributed by atoms with Crippen molar-refractivity contribution in [2.24, 2.45) is 5.10 Å². The van der Waals surface area contributed by atoms with Gasteiger partial charge in [0.25, 0.3) is 5.91 Å². The quantitative estimate of drug-likeness (QED) is 0.268. The van der Waals surface area contributed by atoms with Gasteiger partial charge >= 0.3 is 0 Å². The van der Waals surface area contributed by atoms with Gasteiger partial charge in [0.2, 0.25) is 0 Å². The lowest BCUT2D eigenvalue weighted by atomic mass is 9.99. The second-order valence-corrected chi connectivity index (χ2v) is 7.48. The lowest BCUT2D eigenvalue weighted by Crippen LogP contribution is -2.21. The molecule has 0 atom stereocenters. The number of hydrogen-bond acceptors (Lipinski definition) is 2. The number of fused-ring (bicyclic) bond motifs is 1. The number of benzene rings is 4. The van der Waals surface area contributed by atoms with Crippen molar-refractivity contribution in [3.8, 4) is 11.1 Å². The topological polar surface area (TPSA) is 57.2 Å². The first kappa shape index (κ1) is 19.5. The molecule has 5 aromatic rings. The Balaban J connectivity index is 1.46. The molecule has 1 heterocycles. The van der Waals surface area contributed by atoms with Crippen LogP contribution in [0.15, 0.2) is 120 Å². The standard InChI is InChI=1S/C28H21N3O/c32-28(26-19-24-13-7-8-14-25(24)29-26)31-30-27(22-11-5-2-6-12-22)23-17-15-21(16-18-23)20-9-3-1-4-10-20/h1-19,29H,(H,31,32). The summed E-state index contributed by atoms with van der Waals surface area (Å²) in [4.78, 5) is 15.9. The molecule has 4 nitrogen and oxygen atoms in total. The van der Waals surface area contributed by atoms with E-state index in [1.165, 1.54) is 0 Å². The molecular formula is C28H21N3O. The first-order valence-electron chi connectivity index (χ1n) is 10.4. The maximum Gasteiger partial charge on any atom is 0.287 e. The van der Waals surface area contributed by atoms with E-state index in [1.807, 2.05) is 91.0 Å². The Morgan fingerprint density at radius 2 is 1.25 bits per heavy atom. The van der Waals surface area contributed by atoms with Crippen LogP contribution in [0.5, 0.6) is 0 Å². The van der Waals surface area contributed by atoms with Gasteiger partial charge in [-0.1, -0.05) is 103 Å². The molecule has 1 aromatic heterocycles. The third-order valence-electron chi connectivity index (χ3n) is 5.36. The fourth-order valence-electron chi connectivity index (χ4n) is 3.71. The summed E-state index contributed by atoms with van der Waals surface area (Å²) in [6, 6.07) is 37.9. The minimum absolute atomic E-state index is 0.282. The van der Waals surface area contributed by atoms with Gasteiger partial charge in [-0.2, -0.15) is 5.10 Å². The number of para-hydroxylation sites is 1. The second kappa shape index (κ2) is 8.74. The number of rotatable bonds is 5. The van der Waals surface area contributed by atoms with Crippen LogP contribution in [0.25, 0.3) is 22.0 Å². The van der Waals surface area contributed by atoms with Gasteiger partial charge in [-0.05, 0) is 23.3 Å². The molecule has 0 saturated carbocycles. The number of amides is 1. The number of nitrogens with zero attached hydrogens (tertiary/aromatic N) is 1. The van der Waals surface area contributed by atoms with Crippen LogP contribution >= 0.6 is 0 Å². The zero-order valence-electron chi connectivity index (χ0n) is 17.3. The van der Waals surface area contributed by atoms with Gasteiger partial charge in [0, 0.05) is 22.0 Å². The Hall–Kier alpha value is -4.44. The SMILES string of the molecule is O=C(NN=C(c1ccccc1)c1ccc(-c2ccccc2)cc1)c1cc2ccccc2[nH]1. The zero-order valence-corrected chi connectivity index (χ0v) is 17.3. The van der Waals surface area contributed by atoms with Crippen molar-refractivity contribution in [3.63, 3.8) is 0 Å². The molecule has 4 heteroatoms. The second-order valence-electron chi connectivity index (χ2n) is 7.48. The van der Waals surface area contributed by atoms with Crippen molar-refractivity contribution in [1.29, 1.82) is 0 Å². The highest BCUT2D eigenvalue weighted by atomic mass is 16.2. The average Bonchev–Trinajstić information content (AvgIpc) is 3.30. The summed E-state index contributed by atoms with van der Waals surface area (Å²) in [5.41, 5.74) is 8.95. The van der Waals surface area contributed by atoms with Gasteiger partial charge in [-0.15, -0.1) is 0 Å². The number of hydrogen-bond donors (Lipinski definition) is 2. The highest BCUT2D eigenvalue weighted by molar-refractivity contribution is 6.13. The van der Waals surface area contributed by atoms with Crippen molar-refractivity contribution >= 4 is 22.5 Å². The molecule has 0 aliphatic carbocycles. The fourth-order valence-corrected chi connectivity index (χ4v) is 3.71. The number of aromatic nitrogens is 1. The summed E-state index contributed by atoms with van der Waals surface area (Å²) in [6.07, 6.45) is 0. The van der Waals surface area contributed by atoms with Crippen LogP contribution in [0.3, 0.4) is 0 Å². The number of nitrogens with one attached hydrogen (secondary N) is 2. The number of aromatic amines is 1. The van der Waals surface area contributed by atoms with Crippen LogP contribution in [0.4, 0.5) is 0 Å². The van der Waals surface area contributed by atoms with Crippen LogP contribution in [-0.2, 0) is 0 Å². The monoisotopic (exact) mass is 415 g/mol. The van der Waals surface area contributed by atoms with E-state index in [1.54, 1.807) is 0 Å². The van der Waals surface area contributed by atoms with E-state index in [0.717, 1.165) is 33.2 Å². The molecule has 4 aromatic carbocycles. The molecule has 1 amide bonds. The van der Waals surface area contributed by atoms with Crippen LogP contribution in [0.2, 0.25) is 0 Å². The minimum atomic E-state index is -0.282. The maximum absolute atomic E-state index is 12.8. The van der Waals surface area contributed by atoms with E-state index < -0.39 is 0 Å². The molecule has 0 bridgehead atoms. The lowest BCUT2D eigenvalue weighted by Gasteiger charge is -2.09. The van der Waals surface area contributed by atoms with E-state index in [0.29, 0.717) is 11.4 Å². The van der Waals surface area contributed by atoms with Gasteiger partial charge < -0.3 is 4.98 Å². The summed E-state index contributed by atoms with van der Waals surface area (Å²) in [5.74, 6) is -0.282. The Morgan fingerprint density at radius 1 is 0.656 bits per heavy atom. The molecule has 0 fully saturated rings. The third kappa shape index (κ3) is 4.07. The average molecular weight is 415 g/mol. The van der Waals surface area contributed by atoms with Gasteiger partial charge in [-0.3, -0.25) is 4.79 Å². The zero-order chi connectivity index (χ0) is 21.8. The van der Waals surface area contributed by atoms with E-state index >= 15 is 0 Å². The van der Waals surface area contributed by atoms with Gasteiger partial charge in [-0.25, -0.2) is 5.43 Å². The van der Waals surface area contributed by atoms with Gasteiger partial charge in [0.1, 0.15) is 5.69 Å². The van der Waals surface area contributed by atoms with Crippen molar-refractivity contribution in [3.05, 3.63) is 132 Å². The fraction of sp³-hybridized carbons (Fsp3) is 0.